The minimum atomic E-state index is -0.694. The summed E-state index contributed by atoms with van der Waals surface area (Å²) >= 11 is 1.10. The summed E-state index contributed by atoms with van der Waals surface area (Å²) in [6.07, 6.45) is 4.05. The fourth-order valence-corrected chi connectivity index (χ4v) is 4.65. The topological polar surface area (TPSA) is 80.9 Å². The van der Waals surface area contributed by atoms with E-state index in [4.69, 9.17) is 4.74 Å². The van der Waals surface area contributed by atoms with Crippen molar-refractivity contribution in [2.45, 2.75) is 26.8 Å². The van der Waals surface area contributed by atoms with Gasteiger partial charge in [0.25, 0.3) is 0 Å². The van der Waals surface area contributed by atoms with Crippen LogP contribution in [0.15, 0.2) is 82.0 Å². The van der Waals surface area contributed by atoms with Gasteiger partial charge in [-0.25, -0.2) is 9.79 Å². The van der Waals surface area contributed by atoms with E-state index in [1.165, 1.54) is 5.56 Å². The normalized spacial score (nSPS) is 16.2. The first kappa shape index (κ1) is 22.6. The van der Waals surface area contributed by atoms with E-state index < -0.39 is 5.97 Å². The van der Waals surface area contributed by atoms with Crippen molar-refractivity contribution in [1.29, 1.82) is 0 Å². The summed E-state index contributed by atoms with van der Waals surface area (Å²) in [5.41, 5.74) is 3.05. The van der Waals surface area contributed by atoms with Gasteiger partial charge < -0.3 is 14.4 Å². The number of ether oxygens (including phenoxy) is 1. The fourth-order valence-electron chi connectivity index (χ4n) is 3.63. The van der Waals surface area contributed by atoms with Gasteiger partial charge in [0.05, 0.1) is 11.5 Å². The van der Waals surface area contributed by atoms with Crippen LogP contribution in [0.5, 0.6) is 0 Å². The highest BCUT2D eigenvalue weighted by atomic mass is 32.2. The quantitative estimate of drug-likeness (QED) is 0.492. The van der Waals surface area contributed by atoms with E-state index >= 15 is 0 Å². The first-order chi connectivity index (χ1) is 16.0. The number of hydrogen-bond acceptors (Lipinski definition) is 5. The number of esters is 1. The molecule has 2 aromatic carbocycles. The Kier molecular flexibility index (Phi) is 6.79. The van der Waals surface area contributed by atoms with Crippen molar-refractivity contribution in [3.05, 3.63) is 88.2 Å². The predicted molar refractivity (Wildman–Crippen MR) is 132 cm³/mol. The van der Waals surface area contributed by atoms with E-state index in [0.717, 1.165) is 28.2 Å². The molecule has 2 heterocycles. The van der Waals surface area contributed by atoms with Crippen LogP contribution in [0.25, 0.3) is 17.0 Å². The van der Waals surface area contributed by atoms with E-state index in [0.29, 0.717) is 11.4 Å². The van der Waals surface area contributed by atoms with Crippen molar-refractivity contribution in [2.75, 3.05) is 6.61 Å². The Bertz CT molecular complexity index is 1300. The summed E-state index contributed by atoms with van der Waals surface area (Å²) in [6.45, 7) is 4.23. The molecule has 1 aliphatic heterocycles. The molecule has 1 aliphatic rings. The van der Waals surface area contributed by atoms with Crippen molar-refractivity contribution < 1.29 is 19.4 Å². The molecule has 0 unspecified atom stereocenters. The van der Waals surface area contributed by atoms with E-state index in [1.54, 1.807) is 13.8 Å². The minimum Gasteiger partial charge on any atom is -0.506 e. The molecule has 3 aromatic rings. The zero-order valence-corrected chi connectivity index (χ0v) is 19.3. The maximum atomic E-state index is 12.5. The molecule has 0 saturated carbocycles. The van der Waals surface area contributed by atoms with Crippen LogP contribution in [0.3, 0.4) is 0 Å². The lowest BCUT2D eigenvalue weighted by atomic mass is 10.1. The number of para-hydroxylation sites is 1. The van der Waals surface area contributed by atoms with Crippen molar-refractivity contribution in [3.8, 4) is 0 Å². The lowest BCUT2D eigenvalue weighted by Crippen LogP contribution is -2.14. The summed E-state index contributed by atoms with van der Waals surface area (Å²) in [5.74, 6) is -1.28. The molecule has 1 N–H and O–H groups in total. The molecular formula is C26H24N2O4S. The number of amides is 1. The molecule has 0 bridgehead atoms. The van der Waals surface area contributed by atoms with Gasteiger partial charge in [0, 0.05) is 35.6 Å². The van der Waals surface area contributed by atoms with E-state index in [1.807, 2.05) is 48.7 Å². The first-order valence-corrected chi connectivity index (χ1v) is 11.6. The molecule has 7 heteroatoms. The lowest BCUT2D eigenvalue weighted by molar-refractivity contribution is -0.138. The van der Waals surface area contributed by atoms with Gasteiger partial charge in [-0.05, 0) is 24.6 Å². The van der Waals surface area contributed by atoms with Gasteiger partial charge in [-0.3, -0.25) is 4.79 Å². The molecular weight excluding hydrogens is 436 g/mol. The number of aliphatic hydroxyl groups is 1. The monoisotopic (exact) mass is 460 g/mol. The number of hydrogen-bond donors (Lipinski definition) is 1. The Morgan fingerprint density at radius 1 is 1.09 bits per heavy atom. The second kappa shape index (κ2) is 9.92. The molecule has 0 saturated heterocycles. The van der Waals surface area contributed by atoms with Gasteiger partial charge in [0.2, 0.25) is 5.91 Å². The highest BCUT2D eigenvalue weighted by Gasteiger charge is 2.33. The average Bonchev–Trinajstić information content (AvgIpc) is 3.32. The van der Waals surface area contributed by atoms with Crippen LogP contribution < -0.4 is 0 Å². The van der Waals surface area contributed by atoms with Gasteiger partial charge in [-0.1, -0.05) is 67.2 Å². The number of aromatic nitrogens is 1. The maximum absolute atomic E-state index is 12.5. The van der Waals surface area contributed by atoms with Crippen LogP contribution >= 0.6 is 11.8 Å². The fraction of sp³-hybridized carbons (Fsp3) is 0.192. The van der Waals surface area contributed by atoms with E-state index in [9.17, 15) is 14.7 Å². The largest absolute Gasteiger partial charge is 0.506 e. The van der Waals surface area contributed by atoms with Gasteiger partial charge in [-0.2, -0.15) is 0 Å². The Morgan fingerprint density at radius 3 is 2.55 bits per heavy atom. The average molecular weight is 461 g/mol. The van der Waals surface area contributed by atoms with Gasteiger partial charge >= 0.3 is 5.97 Å². The number of carbonyl (C=O) groups is 2. The molecule has 1 aromatic heterocycles. The zero-order chi connectivity index (χ0) is 23.4. The van der Waals surface area contributed by atoms with Gasteiger partial charge in [0.15, 0.2) is 0 Å². The van der Waals surface area contributed by atoms with Crippen LogP contribution in [-0.4, -0.2) is 33.2 Å². The standard InChI is InChI=1S/C26H24N2O4S/c1-3-22(29)27-25-23(26(31)32-4-2)24(30)21(33-25)14-18-16-28(15-17-10-6-5-7-11-17)20-13-9-8-12-19(18)20/h5-14,16,30H,3-4,15H2,1-2H3/b21-14-,27-25?. The van der Waals surface area contributed by atoms with Gasteiger partial charge in [-0.15, -0.1) is 0 Å². The highest BCUT2D eigenvalue weighted by molar-refractivity contribution is 8.18. The van der Waals surface area contributed by atoms with Crippen molar-refractivity contribution in [1.82, 2.24) is 4.57 Å². The second-order valence-corrected chi connectivity index (χ2v) is 8.46. The number of aliphatic hydroxyl groups excluding tert-OH is 1. The van der Waals surface area contributed by atoms with Crippen LogP contribution in [0.4, 0.5) is 0 Å². The summed E-state index contributed by atoms with van der Waals surface area (Å²) < 4.78 is 7.24. The number of benzene rings is 2. The molecule has 0 spiro atoms. The van der Waals surface area contributed by atoms with Crippen LogP contribution in [0, 0.1) is 0 Å². The molecule has 1 amide bonds. The summed E-state index contributed by atoms with van der Waals surface area (Å²) in [6, 6.07) is 18.2. The highest BCUT2D eigenvalue weighted by Crippen LogP contribution is 2.40. The smallest absolute Gasteiger partial charge is 0.344 e. The maximum Gasteiger partial charge on any atom is 0.344 e. The molecule has 33 heavy (non-hydrogen) atoms. The zero-order valence-electron chi connectivity index (χ0n) is 18.4. The third-order valence-corrected chi connectivity index (χ3v) is 6.22. The molecule has 168 valence electrons. The number of fused-ring (bicyclic) bond motifs is 1. The molecule has 0 fully saturated rings. The molecule has 4 rings (SSSR count). The van der Waals surface area contributed by atoms with Crippen LogP contribution in [-0.2, 0) is 20.9 Å². The van der Waals surface area contributed by atoms with Crippen molar-refractivity contribution >= 4 is 45.7 Å². The van der Waals surface area contributed by atoms with Crippen LogP contribution in [0.2, 0.25) is 0 Å². The minimum absolute atomic E-state index is 0.0667. The SMILES string of the molecule is CCOC(=O)C1=C(O)/C(=C/c2cn(Cc3ccccc3)c3ccccc23)SC1=NC(=O)CC. The summed E-state index contributed by atoms with van der Waals surface area (Å²) in [4.78, 5) is 28.9. The third-order valence-electron chi connectivity index (χ3n) is 5.20. The third kappa shape index (κ3) is 4.78. The predicted octanol–water partition coefficient (Wildman–Crippen LogP) is 5.49. The van der Waals surface area contributed by atoms with Crippen molar-refractivity contribution in [3.63, 3.8) is 0 Å². The van der Waals surface area contributed by atoms with Crippen molar-refractivity contribution in [2.24, 2.45) is 4.99 Å². The molecule has 0 atom stereocenters. The summed E-state index contributed by atoms with van der Waals surface area (Å²) in [7, 11) is 0. The summed E-state index contributed by atoms with van der Waals surface area (Å²) in [5, 5.41) is 12.0. The van der Waals surface area contributed by atoms with E-state index in [-0.39, 0.29) is 35.3 Å². The first-order valence-electron chi connectivity index (χ1n) is 10.8. The van der Waals surface area contributed by atoms with Crippen LogP contribution in [0.1, 0.15) is 31.4 Å². The Morgan fingerprint density at radius 2 is 1.82 bits per heavy atom. The number of nitrogens with zero attached hydrogens (tertiary/aromatic N) is 2. The second-order valence-electron chi connectivity index (χ2n) is 7.43. The molecule has 0 radical (unpaired) electrons. The van der Waals surface area contributed by atoms with Gasteiger partial charge in [0.1, 0.15) is 16.4 Å². The van der Waals surface area contributed by atoms with E-state index in [2.05, 4.69) is 27.8 Å². The Hall–Kier alpha value is -3.58. The number of aliphatic imine (C=N–C) groups is 1. The number of rotatable bonds is 6. The molecule has 0 aliphatic carbocycles. The number of carbonyl (C=O) groups excluding carboxylic acids is 2. The Balaban J connectivity index is 1.78. The lowest BCUT2D eigenvalue weighted by Gasteiger charge is -2.05. The number of thioether (sulfide) groups is 1. The Labute approximate surface area is 196 Å². The molecule has 6 nitrogen and oxygen atoms in total.